The number of carbonyl (C=O) groups is 1. The summed E-state index contributed by atoms with van der Waals surface area (Å²) in [5, 5.41) is 3.41. The highest BCUT2D eigenvalue weighted by Crippen LogP contribution is 2.30. The predicted octanol–water partition coefficient (Wildman–Crippen LogP) is 3.30. The lowest BCUT2D eigenvalue weighted by Crippen LogP contribution is -2.36. The minimum absolute atomic E-state index is 0.252. The van der Waals surface area contributed by atoms with Crippen LogP contribution in [-0.2, 0) is 11.3 Å². The SMILES string of the molecule is COc1cc(-n2cccc2)c(Cl)cc1C(=O)NCc1ccnc(N2CCOCC2)c1. The van der Waals surface area contributed by atoms with Gasteiger partial charge in [0.2, 0.25) is 0 Å². The Kier molecular flexibility index (Phi) is 6.21. The van der Waals surface area contributed by atoms with E-state index in [1.807, 2.05) is 41.2 Å². The van der Waals surface area contributed by atoms with Crippen molar-refractivity contribution in [1.29, 1.82) is 0 Å². The summed E-state index contributed by atoms with van der Waals surface area (Å²) in [7, 11) is 1.54. The third-order valence-electron chi connectivity index (χ3n) is 4.99. The van der Waals surface area contributed by atoms with Crippen molar-refractivity contribution >= 4 is 23.3 Å². The predicted molar refractivity (Wildman–Crippen MR) is 116 cm³/mol. The number of aromatic nitrogens is 2. The van der Waals surface area contributed by atoms with E-state index in [0.29, 0.717) is 36.1 Å². The molecule has 4 rings (SSSR count). The molecule has 0 unspecified atom stereocenters. The molecule has 1 N–H and O–H groups in total. The van der Waals surface area contributed by atoms with Gasteiger partial charge in [0, 0.05) is 44.3 Å². The normalized spacial score (nSPS) is 13.9. The first-order valence-corrected chi connectivity index (χ1v) is 10.1. The van der Waals surface area contributed by atoms with Gasteiger partial charge in [0.25, 0.3) is 5.91 Å². The Labute approximate surface area is 180 Å². The van der Waals surface area contributed by atoms with Crippen LogP contribution in [0.3, 0.4) is 0 Å². The lowest BCUT2D eigenvalue weighted by atomic mass is 10.1. The van der Waals surface area contributed by atoms with Gasteiger partial charge in [-0.2, -0.15) is 0 Å². The number of carbonyl (C=O) groups excluding carboxylic acids is 1. The second-order valence-corrected chi connectivity index (χ2v) is 7.31. The number of halogens is 1. The van der Waals surface area contributed by atoms with E-state index in [-0.39, 0.29) is 5.91 Å². The largest absolute Gasteiger partial charge is 0.496 e. The Morgan fingerprint density at radius 3 is 2.73 bits per heavy atom. The smallest absolute Gasteiger partial charge is 0.255 e. The van der Waals surface area contributed by atoms with Gasteiger partial charge < -0.3 is 24.3 Å². The number of methoxy groups -OCH3 is 1. The van der Waals surface area contributed by atoms with Crippen molar-refractivity contribution < 1.29 is 14.3 Å². The minimum atomic E-state index is -0.252. The molecular formula is C22H23ClN4O3. The van der Waals surface area contributed by atoms with Gasteiger partial charge in [-0.15, -0.1) is 0 Å². The molecule has 156 valence electrons. The highest BCUT2D eigenvalue weighted by molar-refractivity contribution is 6.33. The molecule has 1 aromatic carbocycles. The third kappa shape index (κ3) is 4.42. The molecule has 0 bridgehead atoms. The fourth-order valence-corrected chi connectivity index (χ4v) is 3.66. The van der Waals surface area contributed by atoms with Crippen LogP contribution >= 0.6 is 11.6 Å². The molecule has 0 aliphatic carbocycles. The van der Waals surface area contributed by atoms with E-state index in [0.717, 1.165) is 30.2 Å². The zero-order valence-corrected chi connectivity index (χ0v) is 17.4. The topological polar surface area (TPSA) is 68.6 Å². The minimum Gasteiger partial charge on any atom is -0.496 e. The van der Waals surface area contributed by atoms with Crippen LogP contribution < -0.4 is 15.0 Å². The van der Waals surface area contributed by atoms with Crippen molar-refractivity contribution in [3.05, 3.63) is 71.1 Å². The summed E-state index contributed by atoms with van der Waals surface area (Å²) in [4.78, 5) is 19.5. The first-order valence-electron chi connectivity index (χ1n) is 9.72. The number of amides is 1. The van der Waals surface area contributed by atoms with Crippen molar-refractivity contribution in [1.82, 2.24) is 14.9 Å². The Bertz CT molecular complexity index is 1020. The number of hydrogen-bond donors (Lipinski definition) is 1. The molecule has 30 heavy (non-hydrogen) atoms. The zero-order valence-electron chi connectivity index (χ0n) is 16.7. The molecule has 0 saturated carbocycles. The van der Waals surface area contributed by atoms with Crippen molar-refractivity contribution in [3.63, 3.8) is 0 Å². The zero-order chi connectivity index (χ0) is 20.9. The van der Waals surface area contributed by atoms with Gasteiger partial charge in [-0.25, -0.2) is 4.98 Å². The molecule has 3 aromatic rings. The summed E-state index contributed by atoms with van der Waals surface area (Å²) in [5.41, 5.74) is 2.11. The van der Waals surface area contributed by atoms with Crippen molar-refractivity contribution in [2.45, 2.75) is 6.54 Å². The molecular weight excluding hydrogens is 404 g/mol. The van der Waals surface area contributed by atoms with E-state index >= 15 is 0 Å². The highest BCUT2D eigenvalue weighted by atomic mass is 35.5. The Morgan fingerprint density at radius 2 is 2.00 bits per heavy atom. The summed E-state index contributed by atoms with van der Waals surface area (Å²) >= 11 is 6.44. The van der Waals surface area contributed by atoms with E-state index < -0.39 is 0 Å². The van der Waals surface area contributed by atoms with E-state index in [4.69, 9.17) is 21.1 Å². The van der Waals surface area contributed by atoms with Gasteiger partial charge in [0.1, 0.15) is 11.6 Å². The van der Waals surface area contributed by atoms with Crippen LogP contribution in [0.4, 0.5) is 5.82 Å². The number of pyridine rings is 1. The number of hydrogen-bond acceptors (Lipinski definition) is 5. The average Bonchev–Trinajstić information content (AvgIpc) is 3.33. The molecule has 1 fully saturated rings. The Hall–Kier alpha value is -3.03. The van der Waals surface area contributed by atoms with E-state index in [1.165, 1.54) is 7.11 Å². The van der Waals surface area contributed by atoms with Crippen LogP contribution in [0.1, 0.15) is 15.9 Å². The van der Waals surface area contributed by atoms with Crippen molar-refractivity contribution in [2.75, 3.05) is 38.3 Å². The van der Waals surface area contributed by atoms with Crippen molar-refractivity contribution in [3.8, 4) is 11.4 Å². The van der Waals surface area contributed by atoms with Gasteiger partial charge >= 0.3 is 0 Å². The molecule has 0 atom stereocenters. The van der Waals surface area contributed by atoms with Crippen LogP contribution in [0, 0.1) is 0 Å². The van der Waals surface area contributed by atoms with E-state index in [2.05, 4.69) is 15.2 Å². The van der Waals surface area contributed by atoms with Crippen LogP contribution in [0.5, 0.6) is 5.75 Å². The summed E-state index contributed by atoms with van der Waals surface area (Å²) < 4.78 is 12.7. The molecule has 0 radical (unpaired) electrons. The molecule has 8 heteroatoms. The lowest BCUT2D eigenvalue weighted by molar-refractivity contribution is 0.0948. The Morgan fingerprint density at radius 1 is 1.23 bits per heavy atom. The molecule has 3 heterocycles. The highest BCUT2D eigenvalue weighted by Gasteiger charge is 2.17. The van der Waals surface area contributed by atoms with Crippen LogP contribution in [0.25, 0.3) is 5.69 Å². The Balaban J connectivity index is 1.48. The van der Waals surface area contributed by atoms with Crippen LogP contribution in [0.15, 0.2) is 55.0 Å². The monoisotopic (exact) mass is 426 g/mol. The van der Waals surface area contributed by atoms with Crippen LogP contribution in [0.2, 0.25) is 5.02 Å². The summed E-state index contributed by atoms with van der Waals surface area (Å²) in [6, 6.07) is 11.1. The van der Waals surface area contributed by atoms with Gasteiger partial charge in [0.15, 0.2) is 0 Å². The van der Waals surface area contributed by atoms with Gasteiger partial charge in [-0.3, -0.25) is 4.79 Å². The molecule has 0 spiro atoms. The number of rotatable bonds is 6. The van der Waals surface area contributed by atoms with Gasteiger partial charge in [-0.1, -0.05) is 11.6 Å². The van der Waals surface area contributed by atoms with Gasteiger partial charge in [-0.05, 0) is 35.9 Å². The number of nitrogens with one attached hydrogen (secondary N) is 1. The second-order valence-electron chi connectivity index (χ2n) is 6.90. The number of benzene rings is 1. The standard InChI is InChI=1S/C22H23ClN4O3/c1-29-20-14-19(26-6-2-3-7-26)18(23)13-17(20)22(28)25-15-16-4-5-24-21(12-16)27-8-10-30-11-9-27/h2-7,12-14H,8-11,15H2,1H3,(H,25,28). The molecule has 1 saturated heterocycles. The van der Waals surface area contributed by atoms with Crippen LogP contribution in [-0.4, -0.2) is 48.9 Å². The molecule has 1 aliphatic rings. The molecule has 7 nitrogen and oxygen atoms in total. The summed E-state index contributed by atoms with van der Waals surface area (Å²) in [6.07, 6.45) is 5.53. The molecule has 1 aliphatic heterocycles. The number of morpholine rings is 1. The quantitative estimate of drug-likeness (QED) is 0.655. The molecule has 2 aromatic heterocycles. The third-order valence-corrected chi connectivity index (χ3v) is 5.30. The van der Waals surface area contributed by atoms with Crippen molar-refractivity contribution in [2.24, 2.45) is 0 Å². The first kappa shape index (κ1) is 20.3. The summed E-state index contributed by atoms with van der Waals surface area (Å²) in [6.45, 7) is 3.39. The second kappa shape index (κ2) is 9.19. The molecule has 1 amide bonds. The maximum absolute atomic E-state index is 12.8. The maximum Gasteiger partial charge on any atom is 0.255 e. The summed E-state index contributed by atoms with van der Waals surface area (Å²) in [5.74, 6) is 1.10. The van der Waals surface area contributed by atoms with E-state index in [1.54, 1.807) is 18.3 Å². The van der Waals surface area contributed by atoms with E-state index in [9.17, 15) is 4.79 Å². The number of anilines is 1. The lowest BCUT2D eigenvalue weighted by Gasteiger charge is -2.28. The number of nitrogens with zero attached hydrogens (tertiary/aromatic N) is 3. The number of ether oxygens (including phenoxy) is 2. The fraction of sp³-hybridized carbons (Fsp3) is 0.273. The fourth-order valence-electron chi connectivity index (χ4n) is 3.40. The maximum atomic E-state index is 12.8. The first-order chi connectivity index (χ1) is 14.7. The average molecular weight is 427 g/mol. The van der Waals surface area contributed by atoms with Gasteiger partial charge in [0.05, 0.1) is 36.6 Å².